The van der Waals surface area contributed by atoms with Crippen LogP contribution in [0.2, 0.25) is 0 Å². The van der Waals surface area contributed by atoms with Crippen LogP contribution in [0, 0.1) is 10.1 Å². The Balaban J connectivity index is 1.78. The SMILES string of the molecule is O=[N+]([O-])c1ccc(S(=O)(=O)NCc2ccc3ccccc3c2)s1. The van der Waals surface area contributed by atoms with Gasteiger partial charge >= 0.3 is 5.00 Å². The molecule has 0 aliphatic heterocycles. The van der Waals surface area contributed by atoms with Gasteiger partial charge in [0.05, 0.1) is 4.92 Å². The van der Waals surface area contributed by atoms with E-state index in [0.717, 1.165) is 16.3 Å². The number of sulfonamides is 1. The highest BCUT2D eigenvalue weighted by atomic mass is 32.2. The fourth-order valence-corrected chi connectivity index (χ4v) is 4.32. The molecule has 1 heterocycles. The Morgan fingerprint density at radius 2 is 1.78 bits per heavy atom. The summed E-state index contributed by atoms with van der Waals surface area (Å²) in [4.78, 5) is 10.0. The van der Waals surface area contributed by atoms with Crippen molar-refractivity contribution in [2.75, 3.05) is 0 Å². The topological polar surface area (TPSA) is 89.3 Å². The molecule has 1 N–H and O–H groups in total. The van der Waals surface area contributed by atoms with Gasteiger partial charge in [-0.05, 0) is 39.8 Å². The van der Waals surface area contributed by atoms with Gasteiger partial charge in [-0.15, -0.1) is 0 Å². The van der Waals surface area contributed by atoms with Crippen LogP contribution in [0.5, 0.6) is 0 Å². The largest absolute Gasteiger partial charge is 0.325 e. The Kier molecular flexibility index (Phi) is 4.12. The molecule has 6 nitrogen and oxygen atoms in total. The van der Waals surface area contributed by atoms with Crippen LogP contribution < -0.4 is 4.72 Å². The number of benzene rings is 2. The van der Waals surface area contributed by atoms with Crippen LogP contribution in [0.15, 0.2) is 58.8 Å². The van der Waals surface area contributed by atoms with Crippen LogP contribution in [0.3, 0.4) is 0 Å². The minimum atomic E-state index is -3.76. The normalized spacial score (nSPS) is 11.7. The van der Waals surface area contributed by atoms with E-state index in [4.69, 9.17) is 0 Å². The van der Waals surface area contributed by atoms with Gasteiger partial charge in [-0.3, -0.25) is 10.1 Å². The van der Waals surface area contributed by atoms with Crippen LogP contribution in [-0.4, -0.2) is 13.3 Å². The van der Waals surface area contributed by atoms with Crippen LogP contribution in [0.1, 0.15) is 5.56 Å². The lowest BCUT2D eigenvalue weighted by atomic mass is 10.1. The number of rotatable bonds is 5. The molecule has 0 unspecified atom stereocenters. The van der Waals surface area contributed by atoms with Crippen molar-refractivity contribution in [1.29, 1.82) is 0 Å². The van der Waals surface area contributed by atoms with E-state index in [2.05, 4.69) is 4.72 Å². The van der Waals surface area contributed by atoms with Crippen molar-refractivity contribution in [3.63, 3.8) is 0 Å². The summed E-state index contributed by atoms with van der Waals surface area (Å²) in [6.45, 7) is 0.124. The third-order valence-electron chi connectivity index (χ3n) is 3.29. The zero-order chi connectivity index (χ0) is 16.4. The van der Waals surface area contributed by atoms with Crippen LogP contribution in [0.25, 0.3) is 10.8 Å². The third-order valence-corrected chi connectivity index (χ3v) is 6.22. The summed E-state index contributed by atoms with van der Waals surface area (Å²) in [5.74, 6) is 0. The highest BCUT2D eigenvalue weighted by Crippen LogP contribution is 2.27. The molecule has 1 aromatic heterocycles. The summed E-state index contributed by atoms with van der Waals surface area (Å²) in [6, 6.07) is 15.9. The molecule has 0 bridgehead atoms. The smallest absolute Gasteiger partial charge is 0.258 e. The molecular weight excluding hydrogens is 336 g/mol. The number of nitrogens with zero attached hydrogens (tertiary/aromatic N) is 1. The fourth-order valence-electron chi connectivity index (χ4n) is 2.15. The third kappa shape index (κ3) is 3.39. The molecule has 2 aromatic carbocycles. The first-order valence-corrected chi connectivity index (χ1v) is 8.97. The number of thiophene rings is 1. The number of fused-ring (bicyclic) bond motifs is 1. The number of hydrogen-bond donors (Lipinski definition) is 1. The summed E-state index contributed by atoms with van der Waals surface area (Å²) in [6.07, 6.45) is 0. The first-order chi connectivity index (χ1) is 11.0. The standard InChI is InChI=1S/C15H12N2O4S2/c18-17(19)14-7-8-15(22-14)23(20,21)16-10-11-5-6-12-3-1-2-4-13(12)9-11/h1-9,16H,10H2. The quantitative estimate of drug-likeness (QED) is 0.566. The summed E-state index contributed by atoms with van der Waals surface area (Å²) in [5.41, 5.74) is 0.818. The lowest BCUT2D eigenvalue weighted by molar-refractivity contribution is -0.380. The highest BCUT2D eigenvalue weighted by Gasteiger charge is 2.20. The predicted molar refractivity (Wildman–Crippen MR) is 88.9 cm³/mol. The first kappa shape index (κ1) is 15.6. The van der Waals surface area contributed by atoms with Crippen molar-refractivity contribution in [3.8, 4) is 0 Å². The molecule has 0 saturated carbocycles. The molecule has 8 heteroatoms. The molecule has 118 valence electrons. The van der Waals surface area contributed by atoms with E-state index in [1.54, 1.807) is 0 Å². The maximum Gasteiger partial charge on any atom is 0.325 e. The van der Waals surface area contributed by atoms with Crippen molar-refractivity contribution in [2.45, 2.75) is 10.8 Å². The van der Waals surface area contributed by atoms with E-state index >= 15 is 0 Å². The van der Waals surface area contributed by atoms with Crippen molar-refractivity contribution in [2.24, 2.45) is 0 Å². The zero-order valence-corrected chi connectivity index (χ0v) is 13.4. The Morgan fingerprint density at radius 3 is 2.48 bits per heavy atom. The van der Waals surface area contributed by atoms with E-state index in [9.17, 15) is 18.5 Å². The molecule has 23 heavy (non-hydrogen) atoms. The number of nitrogens with one attached hydrogen (secondary N) is 1. The van der Waals surface area contributed by atoms with Gasteiger partial charge in [0.2, 0.25) is 0 Å². The second-order valence-corrected chi connectivity index (χ2v) is 7.91. The van der Waals surface area contributed by atoms with E-state index < -0.39 is 14.9 Å². The second-order valence-electron chi connectivity index (χ2n) is 4.86. The van der Waals surface area contributed by atoms with Crippen LogP contribution in [0.4, 0.5) is 5.00 Å². The Labute approximate surface area is 136 Å². The van der Waals surface area contributed by atoms with Gasteiger partial charge in [-0.25, -0.2) is 13.1 Å². The van der Waals surface area contributed by atoms with Gasteiger partial charge in [0.15, 0.2) is 0 Å². The summed E-state index contributed by atoms with van der Waals surface area (Å²) >= 11 is 0.636. The first-order valence-electron chi connectivity index (χ1n) is 6.67. The molecule has 0 radical (unpaired) electrons. The van der Waals surface area contributed by atoms with Crippen molar-refractivity contribution in [3.05, 3.63) is 70.3 Å². The molecule has 3 aromatic rings. The van der Waals surface area contributed by atoms with Gasteiger partial charge < -0.3 is 0 Å². The Hall–Kier alpha value is -2.29. The zero-order valence-electron chi connectivity index (χ0n) is 11.8. The average Bonchev–Trinajstić information content (AvgIpc) is 3.04. The molecule has 0 atom stereocenters. The van der Waals surface area contributed by atoms with Crippen molar-refractivity contribution >= 4 is 37.1 Å². The van der Waals surface area contributed by atoms with Crippen molar-refractivity contribution < 1.29 is 13.3 Å². The molecular formula is C15H12N2O4S2. The van der Waals surface area contributed by atoms with E-state index in [1.807, 2.05) is 42.5 Å². The number of nitro groups is 1. The minimum Gasteiger partial charge on any atom is -0.258 e. The summed E-state index contributed by atoms with van der Waals surface area (Å²) < 4.78 is 26.8. The average molecular weight is 348 g/mol. The van der Waals surface area contributed by atoms with Gasteiger partial charge in [-0.1, -0.05) is 36.4 Å². The highest BCUT2D eigenvalue weighted by molar-refractivity contribution is 7.91. The van der Waals surface area contributed by atoms with Crippen LogP contribution >= 0.6 is 11.3 Å². The molecule has 0 aliphatic carbocycles. The van der Waals surface area contributed by atoms with E-state index in [1.165, 1.54) is 12.1 Å². The van der Waals surface area contributed by atoms with E-state index in [0.29, 0.717) is 11.3 Å². The van der Waals surface area contributed by atoms with Gasteiger partial charge in [0.25, 0.3) is 10.0 Å². The predicted octanol–water partition coefficient (Wildman–Crippen LogP) is 3.29. The van der Waals surface area contributed by atoms with Gasteiger partial charge in [0.1, 0.15) is 4.21 Å². The minimum absolute atomic E-state index is 0.0648. The van der Waals surface area contributed by atoms with Gasteiger partial charge in [0, 0.05) is 12.6 Å². The lowest BCUT2D eigenvalue weighted by Crippen LogP contribution is -2.22. The van der Waals surface area contributed by atoms with E-state index in [-0.39, 0.29) is 15.8 Å². The van der Waals surface area contributed by atoms with Crippen LogP contribution in [-0.2, 0) is 16.6 Å². The number of hydrogen-bond acceptors (Lipinski definition) is 5. The molecule has 0 amide bonds. The molecule has 0 fully saturated rings. The summed E-state index contributed by atoms with van der Waals surface area (Å²) in [7, 11) is -3.76. The summed E-state index contributed by atoms with van der Waals surface area (Å²) in [5, 5.41) is 12.5. The Morgan fingerprint density at radius 1 is 1.04 bits per heavy atom. The lowest BCUT2D eigenvalue weighted by Gasteiger charge is -2.06. The second kappa shape index (κ2) is 6.07. The van der Waals surface area contributed by atoms with Crippen molar-refractivity contribution in [1.82, 2.24) is 4.72 Å². The fraction of sp³-hybridized carbons (Fsp3) is 0.0667. The van der Waals surface area contributed by atoms with Gasteiger partial charge in [-0.2, -0.15) is 0 Å². The maximum atomic E-state index is 12.2. The molecule has 0 saturated heterocycles. The Bertz CT molecular complexity index is 980. The molecule has 0 spiro atoms. The molecule has 0 aliphatic rings. The maximum absolute atomic E-state index is 12.2. The molecule has 3 rings (SSSR count). The monoisotopic (exact) mass is 348 g/mol.